The number of halogens is 1. The smallest absolute Gasteiger partial charge is 0.297 e. The van der Waals surface area contributed by atoms with E-state index >= 15 is 0 Å². The molecule has 1 aromatic heterocycles. The average Bonchev–Trinajstić information content (AvgIpc) is 3.20. The molecule has 0 radical (unpaired) electrons. The quantitative estimate of drug-likeness (QED) is 0.339. The van der Waals surface area contributed by atoms with E-state index in [1.165, 1.54) is 4.31 Å². The first-order valence-electron chi connectivity index (χ1n) is 11.7. The minimum absolute atomic E-state index is 0.142. The number of hydrogen-bond acceptors (Lipinski definition) is 5. The summed E-state index contributed by atoms with van der Waals surface area (Å²) < 4.78 is 30.5. The lowest BCUT2D eigenvalue weighted by atomic mass is 10.2. The van der Waals surface area contributed by atoms with Gasteiger partial charge in [-0.25, -0.2) is 8.42 Å². The summed E-state index contributed by atoms with van der Waals surface area (Å²) in [5.74, 6) is 0. The standard InChI is InChI=1S/C27H26ClN3O3S2/c28-24-11-5-4-10-22(24)20-31-25-13-12-23(19-26(25)35-27(31)32)36(33,34)30-17-15-29(16-18-30)14-6-9-21-7-2-1-3-8-21/h1-13,19H,14-18,20H2/b9-6+. The minimum Gasteiger partial charge on any atom is -0.297 e. The maximum Gasteiger partial charge on any atom is 0.308 e. The van der Waals surface area contributed by atoms with Gasteiger partial charge in [-0.2, -0.15) is 4.31 Å². The van der Waals surface area contributed by atoms with E-state index in [0.717, 1.165) is 29.0 Å². The van der Waals surface area contributed by atoms with Gasteiger partial charge in [0.05, 0.1) is 21.7 Å². The molecule has 36 heavy (non-hydrogen) atoms. The maximum absolute atomic E-state index is 13.4. The summed E-state index contributed by atoms with van der Waals surface area (Å²) >= 11 is 7.33. The SMILES string of the molecule is O=c1sc2cc(S(=O)(=O)N3CCN(C/C=C/c4ccccc4)CC3)ccc2n1Cc1ccccc1Cl. The fourth-order valence-corrected chi connectivity index (χ4v) is 7.01. The first-order chi connectivity index (χ1) is 17.4. The Hall–Kier alpha value is -2.75. The molecular formula is C27H26ClN3O3S2. The van der Waals surface area contributed by atoms with Gasteiger partial charge >= 0.3 is 4.87 Å². The van der Waals surface area contributed by atoms with Gasteiger partial charge in [-0.05, 0) is 35.4 Å². The van der Waals surface area contributed by atoms with Crippen LogP contribution < -0.4 is 4.87 Å². The third-order valence-corrected chi connectivity index (χ3v) is 9.57. The Morgan fingerprint density at radius 1 is 0.917 bits per heavy atom. The number of fused-ring (bicyclic) bond motifs is 1. The molecule has 1 aliphatic rings. The topological polar surface area (TPSA) is 62.6 Å². The highest BCUT2D eigenvalue weighted by Crippen LogP contribution is 2.26. The van der Waals surface area contributed by atoms with Gasteiger partial charge in [-0.1, -0.05) is 83.6 Å². The van der Waals surface area contributed by atoms with E-state index in [0.29, 0.717) is 48.0 Å². The van der Waals surface area contributed by atoms with Crippen LogP contribution >= 0.6 is 22.9 Å². The molecular weight excluding hydrogens is 514 g/mol. The minimum atomic E-state index is -3.65. The van der Waals surface area contributed by atoms with Crippen molar-refractivity contribution >= 4 is 49.3 Å². The predicted octanol–water partition coefficient (Wildman–Crippen LogP) is 4.78. The van der Waals surface area contributed by atoms with Crippen LogP contribution in [-0.2, 0) is 16.6 Å². The molecule has 0 aliphatic carbocycles. The zero-order valence-electron chi connectivity index (χ0n) is 19.6. The van der Waals surface area contributed by atoms with Crippen LogP contribution in [0.15, 0.2) is 88.6 Å². The second kappa shape index (κ2) is 10.7. The zero-order valence-corrected chi connectivity index (χ0v) is 22.0. The Labute approximate surface area is 219 Å². The Kier molecular flexibility index (Phi) is 7.41. The molecule has 2 heterocycles. The van der Waals surface area contributed by atoms with E-state index in [1.54, 1.807) is 28.8 Å². The van der Waals surface area contributed by atoms with Gasteiger partial charge in [0.15, 0.2) is 0 Å². The van der Waals surface area contributed by atoms with Crippen molar-refractivity contribution in [2.45, 2.75) is 11.4 Å². The zero-order chi connectivity index (χ0) is 25.1. The van der Waals surface area contributed by atoms with Gasteiger partial charge in [-0.15, -0.1) is 0 Å². The molecule has 0 saturated carbocycles. The van der Waals surface area contributed by atoms with Crippen LogP contribution in [0.25, 0.3) is 16.3 Å². The van der Waals surface area contributed by atoms with Crippen molar-refractivity contribution in [3.8, 4) is 0 Å². The molecule has 6 nitrogen and oxygen atoms in total. The molecule has 186 valence electrons. The van der Waals surface area contributed by atoms with Crippen molar-refractivity contribution in [2.75, 3.05) is 32.7 Å². The molecule has 0 N–H and O–H groups in total. The Bertz CT molecular complexity index is 1550. The van der Waals surface area contributed by atoms with Crippen LogP contribution in [0.4, 0.5) is 0 Å². The van der Waals surface area contributed by atoms with Gasteiger partial charge < -0.3 is 0 Å². The summed E-state index contributed by atoms with van der Waals surface area (Å²) in [4.78, 5) is 15.0. The highest BCUT2D eigenvalue weighted by molar-refractivity contribution is 7.89. The van der Waals surface area contributed by atoms with Crippen LogP contribution in [0.2, 0.25) is 5.02 Å². The lowest BCUT2D eigenvalue weighted by Crippen LogP contribution is -2.48. The second-order valence-electron chi connectivity index (χ2n) is 8.69. The van der Waals surface area contributed by atoms with Crippen molar-refractivity contribution in [2.24, 2.45) is 0 Å². The van der Waals surface area contributed by atoms with E-state index in [-0.39, 0.29) is 9.77 Å². The molecule has 3 aromatic carbocycles. The number of benzene rings is 3. The summed E-state index contributed by atoms with van der Waals surface area (Å²) in [5, 5.41) is 0.595. The Balaban J connectivity index is 1.27. The molecule has 0 bridgehead atoms. The molecule has 9 heteroatoms. The predicted molar refractivity (Wildman–Crippen MR) is 147 cm³/mol. The van der Waals surface area contributed by atoms with Crippen LogP contribution in [0.5, 0.6) is 0 Å². The summed E-state index contributed by atoms with van der Waals surface area (Å²) in [5.41, 5.74) is 2.70. The van der Waals surface area contributed by atoms with Crippen molar-refractivity contribution in [3.05, 3.63) is 105 Å². The summed E-state index contributed by atoms with van der Waals surface area (Å²) in [6.07, 6.45) is 4.20. The van der Waals surface area contributed by atoms with Gasteiger partial charge in [0, 0.05) is 37.7 Å². The van der Waals surface area contributed by atoms with Crippen LogP contribution in [0.3, 0.4) is 0 Å². The van der Waals surface area contributed by atoms with Gasteiger partial charge in [0.1, 0.15) is 0 Å². The number of piperazine rings is 1. The number of aromatic nitrogens is 1. The molecule has 1 fully saturated rings. The number of thiazole rings is 1. The van der Waals surface area contributed by atoms with Crippen LogP contribution in [0, 0.1) is 0 Å². The third-order valence-electron chi connectivity index (χ3n) is 6.37. The lowest BCUT2D eigenvalue weighted by Gasteiger charge is -2.33. The van der Waals surface area contributed by atoms with Crippen molar-refractivity contribution in [1.29, 1.82) is 0 Å². The number of rotatable bonds is 7. The normalized spacial score (nSPS) is 15.7. The van der Waals surface area contributed by atoms with E-state index in [1.807, 2.05) is 36.4 Å². The highest BCUT2D eigenvalue weighted by atomic mass is 35.5. The van der Waals surface area contributed by atoms with Crippen LogP contribution in [-0.4, -0.2) is 54.9 Å². The van der Waals surface area contributed by atoms with Crippen LogP contribution in [0.1, 0.15) is 11.1 Å². The average molecular weight is 540 g/mol. The maximum atomic E-state index is 13.4. The van der Waals surface area contributed by atoms with E-state index in [9.17, 15) is 13.2 Å². The van der Waals surface area contributed by atoms with Crippen molar-refractivity contribution in [3.63, 3.8) is 0 Å². The van der Waals surface area contributed by atoms with Crippen molar-refractivity contribution < 1.29 is 8.42 Å². The molecule has 5 rings (SSSR count). The monoisotopic (exact) mass is 539 g/mol. The Morgan fingerprint density at radius 3 is 2.39 bits per heavy atom. The van der Waals surface area contributed by atoms with E-state index in [4.69, 9.17) is 11.6 Å². The molecule has 1 aliphatic heterocycles. The number of nitrogens with zero attached hydrogens (tertiary/aromatic N) is 3. The molecule has 4 aromatic rings. The largest absolute Gasteiger partial charge is 0.308 e. The highest BCUT2D eigenvalue weighted by Gasteiger charge is 2.28. The lowest BCUT2D eigenvalue weighted by molar-refractivity contribution is 0.204. The van der Waals surface area contributed by atoms with E-state index in [2.05, 4.69) is 29.2 Å². The second-order valence-corrected chi connectivity index (χ2v) is 12.0. The first-order valence-corrected chi connectivity index (χ1v) is 14.4. The van der Waals surface area contributed by atoms with Gasteiger partial charge in [-0.3, -0.25) is 14.3 Å². The summed E-state index contributed by atoms with van der Waals surface area (Å²) in [7, 11) is -3.65. The first kappa shape index (κ1) is 24.9. The fraction of sp³-hybridized carbons (Fsp3) is 0.222. The van der Waals surface area contributed by atoms with Crippen molar-refractivity contribution in [1.82, 2.24) is 13.8 Å². The molecule has 0 spiro atoms. The number of sulfonamides is 1. The van der Waals surface area contributed by atoms with Gasteiger partial charge in [0.2, 0.25) is 10.0 Å². The summed E-state index contributed by atoms with van der Waals surface area (Å²) in [6.45, 7) is 3.32. The summed E-state index contributed by atoms with van der Waals surface area (Å²) in [6, 6.07) is 22.5. The Morgan fingerprint density at radius 2 is 1.64 bits per heavy atom. The molecule has 0 atom stereocenters. The third kappa shape index (κ3) is 5.33. The molecule has 1 saturated heterocycles. The van der Waals surface area contributed by atoms with Gasteiger partial charge in [0.25, 0.3) is 0 Å². The molecule has 0 unspecified atom stereocenters. The number of hydrogen-bond donors (Lipinski definition) is 0. The molecule has 0 amide bonds. The van der Waals surface area contributed by atoms with E-state index < -0.39 is 10.0 Å². The fourth-order valence-electron chi connectivity index (χ4n) is 4.36.